The molecule has 1 aromatic carbocycles. The summed E-state index contributed by atoms with van der Waals surface area (Å²) in [6.07, 6.45) is -2.22. The molecule has 1 aromatic rings. The molecule has 2 rings (SSSR count). The van der Waals surface area contributed by atoms with Crippen LogP contribution in [0, 0.1) is 0 Å². The molecule has 2 N–H and O–H groups in total. The van der Waals surface area contributed by atoms with Crippen molar-refractivity contribution in [3.05, 3.63) is 23.8 Å². The van der Waals surface area contributed by atoms with E-state index in [1.807, 2.05) is 0 Å². The fraction of sp³-hybridized carbons (Fsp3) is 0.500. The Morgan fingerprint density at radius 3 is 2.71 bits per heavy atom. The van der Waals surface area contributed by atoms with Crippen LogP contribution in [0.3, 0.4) is 0 Å². The zero-order valence-electron chi connectivity index (χ0n) is 9.56. The van der Waals surface area contributed by atoms with Crippen molar-refractivity contribution >= 4 is 11.4 Å². The molecule has 17 heavy (non-hydrogen) atoms. The Labute approximate surface area is 98.2 Å². The highest BCUT2D eigenvalue weighted by Crippen LogP contribution is 2.35. The van der Waals surface area contributed by atoms with E-state index in [0.29, 0.717) is 18.3 Å². The molecule has 1 aliphatic heterocycles. The number of fused-ring (bicyclic) bond motifs is 1. The number of halogens is 3. The van der Waals surface area contributed by atoms with Crippen LogP contribution < -0.4 is 10.6 Å². The zero-order chi connectivity index (χ0) is 12.5. The van der Waals surface area contributed by atoms with Crippen molar-refractivity contribution < 1.29 is 13.2 Å². The highest BCUT2D eigenvalue weighted by atomic mass is 19.4. The van der Waals surface area contributed by atoms with Gasteiger partial charge in [-0.15, -0.1) is 0 Å². The van der Waals surface area contributed by atoms with Crippen LogP contribution >= 0.6 is 0 Å². The molecule has 0 aliphatic carbocycles. The molecule has 0 amide bonds. The molecule has 5 heteroatoms. The van der Waals surface area contributed by atoms with E-state index in [4.69, 9.17) is 0 Å². The third-order valence-corrected chi connectivity index (χ3v) is 2.88. The Hall–Kier alpha value is -1.39. The van der Waals surface area contributed by atoms with E-state index in [0.717, 1.165) is 30.7 Å². The van der Waals surface area contributed by atoms with Gasteiger partial charge in [-0.3, -0.25) is 0 Å². The number of benzene rings is 1. The Morgan fingerprint density at radius 1 is 1.29 bits per heavy atom. The summed E-state index contributed by atoms with van der Waals surface area (Å²) in [5.41, 5.74) is 0.675. The van der Waals surface area contributed by atoms with E-state index in [2.05, 4.69) is 17.6 Å². The lowest BCUT2D eigenvalue weighted by atomic mass is 10.1. The maximum atomic E-state index is 12.5. The monoisotopic (exact) mass is 244 g/mol. The second-order valence-electron chi connectivity index (χ2n) is 4.27. The summed E-state index contributed by atoms with van der Waals surface area (Å²) < 4.78 is 37.5. The lowest BCUT2D eigenvalue weighted by Crippen LogP contribution is -2.32. The van der Waals surface area contributed by atoms with Gasteiger partial charge in [-0.05, 0) is 24.6 Å². The van der Waals surface area contributed by atoms with Gasteiger partial charge in [0.1, 0.15) is 0 Å². The standard InChI is InChI=1S/C12H15F3N2/c1-2-3-9-7-16-11-6-8(12(13,14)15)4-5-10(11)17-9/h4-6,9,16-17H,2-3,7H2,1H3. The van der Waals surface area contributed by atoms with Gasteiger partial charge in [0.05, 0.1) is 16.9 Å². The van der Waals surface area contributed by atoms with Crippen LogP contribution in [-0.4, -0.2) is 12.6 Å². The molecule has 0 aromatic heterocycles. The molecule has 0 saturated carbocycles. The summed E-state index contributed by atoms with van der Waals surface area (Å²) in [7, 11) is 0. The fourth-order valence-corrected chi connectivity index (χ4v) is 2.02. The molecule has 0 saturated heterocycles. The van der Waals surface area contributed by atoms with Crippen LogP contribution in [0.2, 0.25) is 0 Å². The molecule has 2 nitrogen and oxygen atoms in total. The molecular weight excluding hydrogens is 229 g/mol. The van der Waals surface area contributed by atoms with E-state index in [9.17, 15) is 13.2 Å². The summed E-state index contributed by atoms with van der Waals surface area (Å²) in [6.45, 7) is 2.76. The van der Waals surface area contributed by atoms with Crippen molar-refractivity contribution in [3.8, 4) is 0 Å². The molecule has 0 radical (unpaired) electrons. The van der Waals surface area contributed by atoms with E-state index < -0.39 is 11.7 Å². The van der Waals surface area contributed by atoms with Gasteiger partial charge in [-0.1, -0.05) is 13.3 Å². The lowest BCUT2D eigenvalue weighted by molar-refractivity contribution is -0.137. The zero-order valence-corrected chi connectivity index (χ0v) is 9.56. The molecule has 94 valence electrons. The van der Waals surface area contributed by atoms with Gasteiger partial charge in [-0.25, -0.2) is 0 Å². The molecule has 0 spiro atoms. The summed E-state index contributed by atoms with van der Waals surface area (Å²) in [6, 6.07) is 4.06. The van der Waals surface area contributed by atoms with Crippen LogP contribution in [0.15, 0.2) is 18.2 Å². The van der Waals surface area contributed by atoms with E-state index in [1.165, 1.54) is 6.07 Å². The Morgan fingerprint density at radius 2 is 2.06 bits per heavy atom. The minimum atomic E-state index is -4.28. The van der Waals surface area contributed by atoms with Gasteiger partial charge in [0, 0.05) is 12.6 Å². The van der Waals surface area contributed by atoms with E-state index in [-0.39, 0.29) is 0 Å². The molecule has 1 heterocycles. The second kappa shape index (κ2) is 4.47. The number of hydrogen-bond donors (Lipinski definition) is 2. The van der Waals surface area contributed by atoms with Gasteiger partial charge in [0.15, 0.2) is 0 Å². The van der Waals surface area contributed by atoms with Crippen molar-refractivity contribution in [2.24, 2.45) is 0 Å². The summed E-state index contributed by atoms with van der Waals surface area (Å²) in [4.78, 5) is 0. The third-order valence-electron chi connectivity index (χ3n) is 2.88. The lowest BCUT2D eigenvalue weighted by Gasteiger charge is -2.28. The summed E-state index contributed by atoms with van der Waals surface area (Å²) in [5, 5.41) is 6.29. The average Bonchev–Trinajstić information content (AvgIpc) is 2.27. The van der Waals surface area contributed by atoms with Gasteiger partial charge < -0.3 is 10.6 Å². The Kier molecular flexibility index (Phi) is 3.17. The predicted octanol–water partition coefficient (Wildman–Crippen LogP) is 3.71. The molecule has 0 fully saturated rings. The topological polar surface area (TPSA) is 24.1 Å². The van der Waals surface area contributed by atoms with Crippen molar-refractivity contribution in [3.63, 3.8) is 0 Å². The van der Waals surface area contributed by atoms with E-state index >= 15 is 0 Å². The maximum absolute atomic E-state index is 12.5. The first-order chi connectivity index (χ1) is 8.00. The number of alkyl halides is 3. The van der Waals surface area contributed by atoms with Gasteiger partial charge in [0.25, 0.3) is 0 Å². The minimum Gasteiger partial charge on any atom is -0.381 e. The van der Waals surface area contributed by atoms with Crippen LogP contribution in [0.1, 0.15) is 25.3 Å². The van der Waals surface area contributed by atoms with Crippen LogP contribution in [0.25, 0.3) is 0 Å². The number of rotatable bonds is 2. The van der Waals surface area contributed by atoms with Crippen molar-refractivity contribution in [1.82, 2.24) is 0 Å². The smallest absolute Gasteiger partial charge is 0.381 e. The summed E-state index contributed by atoms with van der Waals surface area (Å²) in [5.74, 6) is 0. The molecule has 0 bridgehead atoms. The quantitative estimate of drug-likeness (QED) is 0.828. The predicted molar refractivity (Wildman–Crippen MR) is 62.3 cm³/mol. The summed E-state index contributed by atoms with van der Waals surface area (Å²) >= 11 is 0. The highest BCUT2D eigenvalue weighted by molar-refractivity contribution is 5.72. The Bertz CT molecular complexity index is 401. The largest absolute Gasteiger partial charge is 0.416 e. The third kappa shape index (κ3) is 2.65. The van der Waals surface area contributed by atoms with Crippen LogP contribution in [-0.2, 0) is 6.18 Å². The molecule has 1 atom stereocenters. The van der Waals surface area contributed by atoms with Crippen molar-refractivity contribution in [1.29, 1.82) is 0 Å². The molecule has 1 unspecified atom stereocenters. The Balaban J connectivity index is 2.20. The van der Waals surface area contributed by atoms with Crippen molar-refractivity contribution in [2.75, 3.05) is 17.2 Å². The minimum absolute atomic E-state index is 0.296. The first-order valence-electron chi connectivity index (χ1n) is 5.72. The van der Waals surface area contributed by atoms with Crippen LogP contribution in [0.5, 0.6) is 0 Å². The number of nitrogens with one attached hydrogen (secondary N) is 2. The average molecular weight is 244 g/mol. The van der Waals surface area contributed by atoms with Gasteiger partial charge >= 0.3 is 6.18 Å². The fourth-order valence-electron chi connectivity index (χ4n) is 2.02. The van der Waals surface area contributed by atoms with Crippen molar-refractivity contribution in [2.45, 2.75) is 32.0 Å². The normalized spacial score (nSPS) is 19.2. The highest BCUT2D eigenvalue weighted by Gasteiger charge is 2.31. The first-order valence-corrected chi connectivity index (χ1v) is 5.72. The van der Waals surface area contributed by atoms with Gasteiger partial charge in [-0.2, -0.15) is 13.2 Å². The number of hydrogen-bond acceptors (Lipinski definition) is 2. The number of anilines is 2. The van der Waals surface area contributed by atoms with Crippen LogP contribution in [0.4, 0.5) is 24.5 Å². The molecule has 1 aliphatic rings. The first kappa shape index (κ1) is 12.1. The SMILES string of the molecule is CCCC1CNc2cc(C(F)(F)F)ccc2N1. The van der Waals surface area contributed by atoms with Gasteiger partial charge in [0.2, 0.25) is 0 Å². The second-order valence-corrected chi connectivity index (χ2v) is 4.27. The van der Waals surface area contributed by atoms with E-state index in [1.54, 1.807) is 0 Å². The maximum Gasteiger partial charge on any atom is 0.416 e. The molecular formula is C12H15F3N2.